The summed E-state index contributed by atoms with van der Waals surface area (Å²) in [6, 6.07) is 9.98. The number of hydrogen-bond acceptors (Lipinski definition) is 3. The summed E-state index contributed by atoms with van der Waals surface area (Å²) >= 11 is 0. The first-order valence-corrected chi connectivity index (χ1v) is 8.22. The van der Waals surface area contributed by atoms with Crippen molar-refractivity contribution >= 4 is 24.0 Å². The number of benzene rings is 1. The van der Waals surface area contributed by atoms with Crippen molar-refractivity contribution < 1.29 is 4.79 Å². The van der Waals surface area contributed by atoms with Crippen LogP contribution in [0.2, 0.25) is 0 Å². The van der Waals surface area contributed by atoms with E-state index < -0.39 is 0 Å². The van der Waals surface area contributed by atoms with E-state index in [-0.39, 0.29) is 24.4 Å². The lowest BCUT2D eigenvalue weighted by molar-refractivity contribution is -0.117. The van der Waals surface area contributed by atoms with Gasteiger partial charge < -0.3 is 11.1 Å². The van der Waals surface area contributed by atoms with Gasteiger partial charge in [0.05, 0.1) is 11.4 Å². The van der Waals surface area contributed by atoms with Crippen molar-refractivity contribution in [3.05, 3.63) is 41.7 Å². The highest BCUT2D eigenvalue weighted by molar-refractivity contribution is 5.91. The molecule has 2 aromatic rings. The van der Waals surface area contributed by atoms with Crippen molar-refractivity contribution in [2.45, 2.75) is 45.6 Å². The third-order valence-electron chi connectivity index (χ3n) is 4.55. The molecule has 0 spiro atoms. The average Bonchev–Trinajstić information content (AvgIpc) is 3.05. The van der Waals surface area contributed by atoms with Crippen molar-refractivity contribution in [1.29, 1.82) is 0 Å². The van der Waals surface area contributed by atoms with Crippen LogP contribution >= 0.6 is 12.4 Å². The van der Waals surface area contributed by atoms with Crippen LogP contribution in [0.1, 0.15) is 37.1 Å². The molecule has 3 rings (SSSR count). The number of aromatic nitrogens is 2. The predicted molar refractivity (Wildman–Crippen MR) is 98.8 cm³/mol. The number of halogens is 1. The third-order valence-corrected chi connectivity index (χ3v) is 4.55. The summed E-state index contributed by atoms with van der Waals surface area (Å²) in [7, 11) is 0. The predicted octanol–water partition coefficient (Wildman–Crippen LogP) is 3.37. The van der Waals surface area contributed by atoms with E-state index in [1.54, 1.807) is 0 Å². The van der Waals surface area contributed by atoms with Gasteiger partial charge in [0.2, 0.25) is 5.91 Å². The molecule has 1 aromatic carbocycles. The van der Waals surface area contributed by atoms with Gasteiger partial charge in [0.25, 0.3) is 0 Å². The highest BCUT2D eigenvalue weighted by Crippen LogP contribution is 2.27. The maximum absolute atomic E-state index is 12.2. The quantitative estimate of drug-likeness (QED) is 0.889. The number of carbonyl (C=O) groups is 1. The van der Waals surface area contributed by atoms with E-state index in [1.807, 2.05) is 48.9 Å². The summed E-state index contributed by atoms with van der Waals surface area (Å²) < 4.78 is 1.89. The van der Waals surface area contributed by atoms with Crippen LogP contribution in [0, 0.1) is 19.8 Å². The number of anilines is 1. The van der Waals surface area contributed by atoms with E-state index in [2.05, 4.69) is 10.4 Å². The van der Waals surface area contributed by atoms with Crippen molar-refractivity contribution in [1.82, 2.24) is 9.78 Å². The Morgan fingerprint density at radius 3 is 2.75 bits per heavy atom. The lowest BCUT2D eigenvalue weighted by Crippen LogP contribution is -2.28. The monoisotopic (exact) mass is 348 g/mol. The fourth-order valence-electron chi connectivity index (χ4n) is 3.37. The van der Waals surface area contributed by atoms with Gasteiger partial charge in [0.1, 0.15) is 0 Å². The zero-order chi connectivity index (χ0) is 16.4. The first-order valence-electron chi connectivity index (χ1n) is 8.22. The molecule has 1 fully saturated rings. The van der Waals surface area contributed by atoms with Gasteiger partial charge in [-0.1, -0.05) is 12.5 Å². The molecule has 1 saturated carbocycles. The van der Waals surface area contributed by atoms with E-state index in [0.717, 1.165) is 42.0 Å². The molecule has 0 unspecified atom stereocenters. The van der Waals surface area contributed by atoms with Crippen LogP contribution in [0.4, 0.5) is 5.69 Å². The van der Waals surface area contributed by atoms with Crippen LogP contribution in [-0.4, -0.2) is 21.7 Å². The maximum Gasteiger partial charge on any atom is 0.224 e. The van der Waals surface area contributed by atoms with Gasteiger partial charge in [-0.05, 0) is 56.9 Å². The Labute approximate surface area is 149 Å². The highest BCUT2D eigenvalue weighted by atomic mass is 35.5. The van der Waals surface area contributed by atoms with Crippen LogP contribution in [0.3, 0.4) is 0 Å². The van der Waals surface area contributed by atoms with Crippen molar-refractivity contribution in [2.75, 3.05) is 5.32 Å². The normalized spacial score (nSPS) is 19.8. The minimum Gasteiger partial charge on any atom is -0.327 e. The smallest absolute Gasteiger partial charge is 0.224 e. The first kappa shape index (κ1) is 18.5. The Morgan fingerprint density at radius 1 is 1.33 bits per heavy atom. The lowest BCUT2D eigenvalue weighted by Gasteiger charge is -2.15. The molecule has 1 amide bonds. The van der Waals surface area contributed by atoms with E-state index in [1.165, 1.54) is 0 Å². The second-order valence-corrected chi connectivity index (χ2v) is 6.50. The molecular formula is C18H25ClN4O. The summed E-state index contributed by atoms with van der Waals surface area (Å²) in [4.78, 5) is 12.2. The number of hydrogen-bond donors (Lipinski definition) is 2. The maximum atomic E-state index is 12.2. The number of amides is 1. The Kier molecular flexibility index (Phi) is 6.02. The number of carbonyl (C=O) groups excluding carboxylic acids is 1. The molecule has 0 bridgehead atoms. The second kappa shape index (κ2) is 7.81. The molecule has 1 aliphatic carbocycles. The number of nitrogens with one attached hydrogen (secondary N) is 1. The van der Waals surface area contributed by atoms with Gasteiger partial charge in [-0.25, -0.2) is 4.68 Å². The second-order valence-electron chi connectivity index (χ2n) is 6.50. The fourth-order valence-corrected chi connectivity index (χ4v) is 3.37. The van der Waals surface area contributed by atoms with Gasteiger partial charge in [-0.15, -0.1) is 12.4 Å². The zero-order valence-corrected chi connectivity index (χ0v) is 15.0. The zero-order valence-electron chi connectivity index (χ0n) is 14.2. The number of nitrogens with two attached hydrogens (primary N) is 1. The molecule has 0 saturated heterocycles. The summed E-state index contributed by atoms with van der Waals surface area (Å²) in [6.45, 7) is 3.99. The Balaban J connectivity index is 0.00000208. The lowest BCUT2D eigenvalue weighted by atomic mass is 10.00. The fraction of sp³-hybridized carbons (Fsp3) is 0.444. The molecule has 1 heterocycles. The highest BCUT2D eigenvalue weighted by Gasteiger charge is 2.26. The number of rotatable bonds is 4. The molecule has 3 N–H and O–H groups in total. The van der Waals surface area contributed by atoms with Crippen molar-refractivity contribution in [3.8, 4) is 5.69 Å². The van der Waals surface area contributed by atoms with E-state index in [0.29, 0.717) is 12.3 Å². The first-order chi connectivity index (χ1) is 11.0. The van der Waals surface area contributed by atoms with Gasteiger partial charge >= 0.3 is 0 Å². The molecular weight excluding hydrogens is 324 g/mol. The van der Waals surface area contributed by atoms with Crippen LogP contribution in [-0.2, 0) is 4.79 Å². The summed E-state index contributed by atoms with van der Waals surface area (Å²) in [6.07, 6.45) is 3.73. The Morgan fingerprint density at radius 2 is 2.12 bits per heavy atom. The number of nitrogens with zero attached hydrogens (tertiary/aromatic N) is 2. The summed E-state index contributed by atoms with van der Waals surface area (Å²) in [5.74, 6) is 0.354. The molecule has 1 aromatic heterocycles. The minimum atomic E-state index is 0. The van der Waals surface area contributed by atoms with Crippen molar-refractivity contribution in [2.24, 2.45) is 11.7 Å². The van der Waals surface area contributed by atoms with E-state index in [9.17, 15) is 4.79 Å². The molecule has 0 radical (unpaired) electrons. The van der Waals surface area contributed by atoms with Crippen LogP contribution in [0.25, 0.3) is 5.69 Å². The molecule has 2 atom stereocenters. The van der Waals surface area contributed by atoms with Crippen LogP contribution in [0.5, 0.6) is 0 Å². The molecule has 1 aliphatic rings. The summed E-state index contributed by atoms with van der Waals surface area (Å²) in [5, 5.41) is 7.47. The standard InChI is InChI=1S/C18H24N4O.ClH/c1-12-9-13(2)22(21-12)16-7-4-6-15(11-16)20-18(23)10-14-5-3-8-17(14)19;/h4,6-7,9,11,14,17H,3,5,8,10,19H2,1-2H3,(H,20,23);1H/t14-,17+;/m0./s1. The van der Waals surface area contributed by atoms with Gasteiger partial charge in [0, 0.05) is 23.8 Å². The van der Waals surface area contributed by atoms with Crippen LogP contribution < -0.4 is 11.1 Å². The Bertz CT molecular complexity index is 713. The van der Waals surface area contributed by atoms with Gasteiger partial charge in [0.15, 0.2) is 0 Å². The van der Waals surface area contributed by atoms with Gasteiger partial charge in [-0.3, -0.25) is 4.79 Å². The molecule has 24 heavy (non-hydrogen) atoms. The molecule has 130 valence electrons. The van der Waals surface area contributed by atoms with Crippen LogP contribution in [0.15, 0.2) is 30.3 Å². The molecule has 6 heteroatoms. The largest absolute Gasteiger partial charge is 0.327 e. The molecule has 5 nitrogen and oxygen atoms in total. The average molecular weight is 349 g/mol. The van der Waals surface area contributed by atoms with Gasteiger partial charge in [-0.2, -0.15) is 5.10 Å². The minimum absolute atomic E-state index is 0. The topological polar surface area (TPSA) is 72.9 Å². The van der Waals surface area contributed by atoms with E-state index >= 15 is 0 Å². The Hall–Kier alpha value is -1.85. The third kappa shape index (κ3) is 4.16. The van der Waals surface area contributed by atoms with Crippen molar-refractivity contribution in [3.63, 3.8) is 0 Å². The molecule has 0 aliphatic heterocycles. The number of aryl methyl sites for hydroxylation is 2. The summed E-state index contributed by atoms with van der Waals surface area (Å²) in [5.41, 5.74) is 9.85. The SMILES string of the molecule is Cc1cc(C)n(-c2cccc(NC(=O)C[C@@H]3CCC[C@H]3N)c2)n1.Cl. The van der Waals surface area contributed by atoms with E-state index in [4.69, 9.17) is 5.73 Å².